The average molecular weight is 502 g/mol. The van der Waals surface area contributed by atoms with E-state index in [9.17, 15) is 43.6 Å². The predicted octanol–water partition coefficient (Wildman–Crippen LogP) is -8.24. The molecule has 17 heteroatoms. The molecule has 0 unspecified atom stereocenters. The molecule has 2 aliphatic heterocycles. The SMILES string of the molecule is CO[C@@H]1O[C@H](CO)[C@H](O[C@H]2O[C@H](CO)[C@H](O)[C@H](O)[C@H]2O)[C@H](O)[C@H]1OCCOS(=O)(=O)[O-].[Na+]. The quantitative estimate of drug-likeness (QED) is 0.0704. The number of methoxy groups -OCH3 is 1. The smallest absolute Gasteiger partial charge is 0.726 e. The molecule has 32 heavy (non-hydrogen) atoms. The van der Waals surface area contributed by atoms with E-state index >= 15 is 0 Å². The van der Waals surface area contributed by atoms with E-state index in [0.29, 0.717) is 0 Å². The molecular formula is C15H27NaO15S. The normalized spacial score (nSPS) is 40.6. The van der Waals surface area contributed by atoms with Crippen molar-refractivity contribution < 1.29 is 101 Å². The zero-order chi connectivity index (χ0) is 23.3. The largest absolute Gasteiger partial charge is 1.00 e. The number of rotatable bonds is 10. The Balaban J connectivity index is 0.00000512. The number of aliphatic hydroxyl groups is 6. The van der Waals surface area contributed by atoms with Crippen molar-refractivity contribution in [1.29, 1.82) is 0 Å². The van der Waals surface area contributed by atoms with Crippen molar-refractivity contribution in [3.05, 3.63) is 0 Å². The third kappa shape index (κ3) is 7.72. The van der Waals surface area contributed by atoms with Crippen LogP contribution in [0.3, 0.4) is 0 Å². The monoisotopic (exact) mass is 502 g/mol. The summed E-state index contributed by atoms with van der Waals surface area (Å²) >= 11 is 0. The van der Waals surface area contributed by atoms with E-state index in [-0.39, 0.29) is 29.6 Å². The van der Waals surface area contributed by atoms with E-state index in [4.69, 9.17) is 23.7 Å². The molecular weight excluding hydrogens is 475 g/mol. The molecule has 0 amide bonds. The summed E-state index contributed by atoms with van der Waals surface area (Å²) in [5.74, 6) is 0. The first-order valence-corrected chi connectivity index (χ1v) is 10.5. The number of hydrogen-bond donors (Lipinski definition) is 6. The van der Waals surface area contributed by atoms with E-state index in [2.05, 4.69) is 4.18 Å². The van der Waals surface area contributed by atoms with Crippen LogP contribution in [0, 0.1) is 0 Å². The minimum absolute atomic E-state index is 0. The van der Waals surface area contributed by atoms with E-state index in [1.807, 2.05) is 0 Å². The van der Waals surface area contributed by atoms with Crippen molar-refractivity contribution in [2.24, 2.45) is 0 Å². The van der Waals surface area contributed by atoms with Gasteiger partial charge in [0.05, 0.1) is 26.4 Å². The third-order valence-electron chi connectivity index (χ3n) is 4.79. The first kappa shape index (κ1) is 30.5. The standard InChI is InChI=1S/C15H28O15S.Na/c1-25-15-13(26-2-3-27-31(22,23)24)11(21)12(7(5-17)29-15)30-14-10(20)9(19)8(18)6(4-16)28-14;/h6-21H,2-5H2,1H3,(H,22,23,24);/q;+1/p-1/t6-,7-,8+,9+,10-,11+,12+,13-,14-,15-;/m1./s1. The molecule has 0 radical (unpaired) electrons. The molecule has 0 aromatic carbocycles. The topological polar surface area (TPSA) is 234 Å². The predicted molar refractivity (Wildman–Crippen MR) is 92.8 cm³/mol. The Hall–Kier alpha value is 0.430. The van der Waals surface area contributed by atoms with Gasteiger partial charge < -0.3 is 58.9 Å². The van der Waals surface area contributed by atoms with Crippen molar-refractivity contribution in [3.63, 3.8) is 0 Å². The Labute approximate surface area is 206 Å². The minimum Gasteiger partial charge on any atom is -0.726 e. The van der Waals surface area contributed by atoms with Crippen molar-refractivity contribution in [1.82, 2.24) is 0 Å². The molecule has 15 nitrogen and oxygen atoms in total. The number of aliphatic hydroxyl groups excluding tert-OH is 6. The second-order valence-electron chi connectivity index (χ2n) is 6.82. The molecule has 2 saturated heterocycles. The summed E-state index contributed by atoms with van der Waals surface area (Å²) < 4.78 is 62.0. The summed E-state index contributed by atoms with van der Waals surface area (Å²) in [5.41, 5.74) is 0. The van der Waals surface area contributed by atoms with Crippen LogP contribution in [0.1, 0.15) is 0 Å². The Morgan fingerprint density at radius 2 is 1.44 bits per heavy atom. The maximum atomic E-state index is 10.7. The molecule has 10 atom stereocenters. The fourth-order valence-corrected chi connectivity index (χ4v) is 3.50. The fraction of sp³-hybridized carbons (Fsp3) is 1.00. The molecule has 2 heterocycles. The van der Waals surface area contributed by atoms with E-state index in [1.165, 1.54) is 7.11 Å². The van der Waals surface area contributed by atoms with Gasteiger partial charge in [-0.25, -0.2) is 8.42 Å². The molecule has 0 aliphatic carbocycles. The number of ether oxygens (including phenoxy) is 5. The van der Waals surface area contributed by atoms with Crippen molar-refractivity contribution >= 4 is 10.4 Å². The summed E-state index contributed by atoms with van der Waals surface area (Å²) in [6.45, 7) is -2.52. The van der Waals surface area contributed by atoms with Gasteiger partial charge in [-0.3, -0.25) is 4.18 Å². The van der Waals surface area contributed by atoms with Gasteiger partial charge in [-0.2, -0.15) is 0 Å². The van der Waals surface area contributed by atoms with Gasteiger partial charge in [0.25, 0.3) is 0 Å². The second-order valence-corrected chi connectivity index (χ2v) is 7.87. The van der Waals surface area contributed by atoms with Crippen LogP contribution < -0.4 is 29.6 Å². The fourth-order valence-electron chi connectivity index (χ4n) is 3.23. The average Bonchev–Trinajstić information content (AvgIpc) is 2.72. The molecule has 0 spiro atoms. The molecule has 2 fully saturated rings. The van der Waals surface area contributed by atoms with Crippen molar-refractivity contribution in [2.75, 3.05) is 33.5 Å². The van der Waals surface area contributed by atoms with E-state index in [1.54, 1.807) is 0 Å². The number of hydrogen-bond acceptors (Lipinski definition) is 15. The van der Waals surface area contributed by atoms with Gasteiger partial charge in [-0.1, -0.05) is 0 Å². The minimum atomic E-state index is -4.95. The maximum Gasteiger partial charge on any atom is 1.00 e. The molecule has 0 aromatic heterocycles. The first-order chi connectivity index (χ1) is 14.5. The summed E-state index contributed by atoms with van der Waals surface area (Å²) in [6, 6.07) is 0. The summed E-state index contributed by atoms with van der Waals surface area (Å²) in [7, 11) is -3.74. The van der Waals surface area contributed by atoms with Crippen LogP contribution in [0.25, 0.3) is 0 Å². The second kappa shape index (κ2) is 13.5. The van der Waals surface area contributed by atoms with Crippen LogP contribution in [0.4, 0.5) is 0 Å². The van der Waals surface area contributed by atoms with Gasteiger partial charge >= 0.3 is 29.6 Å². The van der Waals surface area contributed by atoms with Gasteiger partial charge in [-0.15, -0.1) is 0 Å². The molecule has 0 aromatic rings. The van der Waals surface area contributed by atoms with Crippen molar-refractivity contribution in [3.8, 4) is 0 Å². The third-order valence-corrected chi connectivity index (χ3v) is 5.25. The van der Waals surface area contributed by atoms with Gasteiger partial charge in [-0.05, 0) is 0 Å². The van der Waals surface area contributed by atoms with Crippen LogP contribution in [0.15, 0.2) is 0 Å². The molecule has 2 aliphatic rings. The Morgan fingerprint density at radius 1 is 0.844 bits per heavy atom. The first-order valence-electron chi connectivity index (χ1n) is 9.19. The molecule has 6 N–H and O–H groups in total. The van der Waals surface area contributed by atoms with Crippen molar-refractivity contribution in [2.45, 2.75) is 61.4 Å². The molecule has 184 valence electrons. The van der Waals surface area contributed by atoms with Crippen LogP contribution in [0.5, 0.6) is 0 Å². The Bertz CT molecular complexity index is 651. The van der Waals surface area contributed by atoms with Gasteiger partial charge in [0.15, 0.2) is 12.6 Å². The van der Waals surface area contributed by atoms with Gasteiger partial charge in [0.1, 0.15) is 48.8 Å². The van der Waals surface area contributed by atoms with Gasteiger partial charge in [0.2, 0.25) is 10.4 Å². The maximum absolute atomic E-state index is 10.7. The molecule has 2 rings (SSSR count). The molecule has 0 saturated carbocycles. The van der Waals surface area contributed by atoms with Gasteiger partial charge in [0, 0.05) is 7.11 Å². The van der Waals surface area contributed by atoms with Crippen LogP contribution in [-0.2, 0) is 38.3 Å². The van der Waals surface area contributed by atoms with E-state index < -0.39 is 98.2 Å². The van der Waals surface area contributed by atoms with Crippen LogP contribution >= 0.6 is 0 Å². The zero-order valence-electron chi connectivity index (χ0n) is 17.4. The van der Waals surface area contributed by atoms with Crippen LogP contribution in [-0.4, -0.2) is 139 Å². The zero-order valence-corrected chi connectivity index (χ0v) is 20.2. The Morgan fingerprint density at radius 3 is 1.97 bits per heavy atom. The summed E-state index contributed by atoms with van der Waals surface area (Å²) in [4.78, 5) is 0. The summed E-state index contributed by atoms with van der Waals surface area (Å²) in [5, 5.41) is 59.4. The molecule has 0 bridgehead atoms. The summed E-state index contributed by atoms with van der Waals surface area (Å²) in [6.07, 6.45) is -14.9. The van der Waals surface area contributed by atoms with E-state index in [0.717, 1.165) is 0 Å². The van der Waals surface area contributed by atoms with Crippen LogP contribution in [0.2, 0.25) is 0 Å². The Kier molecular flexibility index (Phi) is 12.9.